The highest BCUT2D eigenvalue weighted by Crippen LogP contribution is 2.25. The van der Waals surface area contributed by atoms with Gasteiger partial charge in [0.1, 0.15) is 23.4 Å². The lowest BCUT2D eigenvalue weighted by Gasteiger charge is -2.22. The number of nitrogens with one attached hydrogen (secondary N) is 1. The molecule has 3 rings (SSSR count). The first-order valence-electron chi connectivity index (χ1n) is 10.1. The van der Waals surface area contributed by atoms with Gasteiger partial charge in [-0.25, -0.2) is 9.37 Å². The van der Waals surface area contributed by atoms with Crippen molar-refractivity contribution in [3.63, 3.8) is 0 Å². The van der Waals surface area contributed by atoms with Crippen molar-refractivity contribution < 1.29 is 13.9 Å². The summed E-state index contributed by atoms with van der Waals surface area (Å²) in [5.41, 5.74) is 2.99. The molecule has 1 amide bonds. The van der Waals surface area contributed by atoms with Gasteiger partial charge in [-0.05, 0) is 60.7 Å². The van der Waals surface area contributed by atoms with Gasteiger partial charge in [-0.2, -0.15) is 0 Å². The molecule has 30 heavy (non-hydrogen) atoms. The van der Waals surface area contributed by atoms with Crippen molar-refractivity contribution in [2.75, 3.05) is 0 Å². The molecule has 0 bridgehead atoms. The van der Waals surface area contributed by atoms with E-state index in [0.29, 0.717) is 23.1 Å². The van der Waals surface area contributed by atoms with Crippen molar-refractivity contribution in [2.45, 2.75) is 45.8 Å². The highest BCUT2D eigenvalue weighted by molar-refractivity contribution is 5.81. The predicted octanol–water partition coefficient (Wildman–Crippen LogP) is 4.66. The number of nitrogens with zero attached hydrogens (tertiary/aromatic N) is 2. The fourth-order valence-corrected chi connectivity index (χ4v) is 3.52. The summed E-state index contributed by atoms with van der Waals surface area (Å²) in [7, 11) is 1.83. The van der Waals surface area contributed by atoms with Gasteiger partial charge < -0.3 is 14.6 Å². The van der Waals surface area contributed by atoms with Crippen LogP contribution in [0.4, 0.5) is 4.39 Å². The first kappa shape index (κ1) is 21.6. The van der Waals surface area contributed by atoms with Gasteiger partial charge in [0.15, 0.2) is 6.10 Å². The van der Waals surface area contributed by atoms with Crippen LogP contribution in [0.15, 0.2) is 54.9 Å². The lowest BCUT2D eigenvalue weighted by atomic mass is 9.98. The maximum Gasteiger partial charge on any atom is 0.261 e. The molecule has 1 N–H and O–H groups in total. The summed E-state index contributed by atoms with van der Waals surface area (Å²) in [5.74, 6) is 0.991. The fraction of sp³-hybridized carbons (Fsp3) is 0.333. The summed E-state index contributed by atoms with van der Waals surface area (Å²) < 4.78 is 21.5. The molecule has 0 unspecified atom stereocenters. The van der Waals surface area contributed by atoms with E-state index in [1.807, 2.05) is 32.2 Å². The van der Waals surface area contributed by atoms with E-state index in [-0.39, 0.29) is 11.7 Å². The van der Waals surface area contributed by atoms with Crippen LogP contribution in [0.1, 0.15) is 55.2 Å². The largest absolute Gasteiger partial charge is 0.481 e. The van der Waals surface area contributed by atoms with Crippen LogP contribution in [0.25, 0.3) is 0 Å². The molecule has 0 aliphatic carbocycles. The maximum absolute atomic E-state index is 13.8. The Kier molecular flexibility index (Phi) is 6.55. The minimum Gasteiger partial charge on any atom is -0.481 e. The van der Waals surface area contributed by atoms with Crippen molar-refractivity contribution in [3.8, 4) is 5.75 Å². The molecule has 0 saturated heterocycles. The molecule has 5 nitrogen and oxygen atoms in total. The first-order chi connectivity index (χ1) is 14.3. The Morgan fingerprint density at radius 2 is 1.93 bits per heavy atom. The second-order valence-electron chi connectivity index (χ2n) is 7.83. The molecule has 2 atom stereocenters. The van der Waals surface area contributed by atoms with Crippen LogP contribution in [0, 0.1) is 12.7 Å². The highest BCUT2D eigenvalue weighted by atomic mass is 19.1. The predicted molar refractivity (Wildman–Crippen MR) is 115 cm³/mol. The van der Waals surface area contributed by atoms with Crippen molar-refractivity contribution in [1.29, 1.82) is 0 Å². The van der Waals surface area contributed by atoms with Gasteiger partial charge in [0, 0.05) is 19.4 Å². The SMILES string of the molecule is Cc1cc(O[C@H](C)C(=O)N[C@@H](c2cccc(F)c2)c2nccn2C)ccc1C(C)C. The van der Waals surface area contributed by atoms with Crippen molar-refractivity contribution in [3.05, 3.63) is 83.2 Å². The number of hydrogen-bond donors (Lipinski definition) is 1. The molecule has 6 heteroatoms. The number of hydrogen-bond acceptors (Lipinski definition) is 3. The van der Waals surface area contributed by atoms with E-state index in [0.717, 1.165) is 5.56 Å². The summed E-state index contributed by atoms with van der Waals surface area (Å²) in [6.45, 7) is 8.02. The van der Waals surface area contributed by atoms with Crippen LogP contribution in [0.5, 0.6) is 5.75 Å². The van der Waals surface area contributed by atoms with Gasteiger partial charge in [-0.1, -0.05) is 32.0 Å². The second kappa shape index (κ2) is 9.11. The number of carbonyl (C=O) groups excluding carboxylic acids is 1. The van der Waals surface area contributed by atoms with E-state index < -0.39 is 12.1 Å². The van der Waals surface area contributed by atoms with Crippen molar-refractivity contribution in [1.82, 2.24) is 14.9 Å². The summed E-state index contributed by atoms with van der Waals surface area (Å²) in [4.78, 5) is 17.3. The monoisotopic (exact) mass is 409 g/mol. The van der Waals surface area contributed by atoms with Gasteiger partial charge >= 0.3 is 0 Å². The first-order valence-corrected chi connectivity index (χ1v) is 10.1. The average Bonchev–Trinajstić information content (AvgIpc) is 3.11. The molecule has 2 aromatic carbocycles. The number of carbonyl (C=O) groups is 1. The van der Waals surface area contributed by atoms with Crippen LogP contribution in [-0.4, -0.2) is 21.6 Å². The third-order valence-corrected chi connectivity index (χ3v) is 5.13. The molecular weight excluding hydrogens is 381 g/mol. The molecule has 0 radical (unpaired) electrons. The molecule has 1 aromatic heterocycles. The Labute approximate surface area is 176 Å². The minimum atomic E-state index is -0.731. The standard InChI is InChI=1S/C24H28FN3O2/c1-15(2)21-10-9-20(13-16(21)3)30-17(4)24(29)27-22(23-26-11-12-28(23)5)18-7-6-8-19(25)14-18/h6-15,17,22H,1-5H3,(H,27,29)/t17-,22+/m1/s1. The summed E-state index contributed by atoms with van der Waals surface area (Å²) >= 11 is 0. The molecule has 0 fully saturated rings. The van der Waals surface area contributed by atoms with E-state index in [9.17, 15) is 9.18 Å². The number of aryl methyl sites for hydroxylation is 2. The number of aromatic nitrogens is 2. The summed E-state index contributed by atoms with van der Waals surface area (Å²) in [6.07, 6.45) is 2.70. The smallest absolute Gasteiger partial charge is 0.261 e. The topological polar surface area (TPSA) is 56.1 Å². The van der Waals surface area contributed by atoms with Crippen LogP contribution in [0.2, 0.25) is 0 Å². The number of rotatable bonds is 7. The van der Waals surface area contributed by atoms with E-state index in [1.54, 1.807) is 36.0 Å². The zero-order valence-corrected chi connectivity index (χ0v) is 18.0. The molecule has 0 spiro atoms. The number of halogens is 1. The number of amides is 1. The number of imidazole rings is 1. The second-order valence-corrected chi connectivity index (χ2v) is 7.83. The Balaban J connectivity index is 1.78. The molecule has 0 saturated carbocycles. The van der Waals surface area contributed by atoms with E-state index in [4.69, 9.17) is 4.74 Å². The van der Waals surface area contributed by atoms with Gasteiger partial charge in [0.2, 0.25) is 0 Å². The number of ether oxygens (including phenoxy) is 1. The molecule has 158 valence electrons. The van der Waals surface area contributed by atoms with Crippen molar-refractivity contribution >= 4 is 5.91 Å². The molecule has 0 aliphatic heterocycles. The Morgan fingerprint density at radius 1 is 1.17 bits per heavy atom. The molecule has 0 aliphatic rings. The van der Waals surface area contributed by atoms with Gasteiger partial charge in [0.05, 0.1) is 0 Å². The number of benzene rings is 2. The van der Waals surface area contributed by atoms with Crippen molar-refractivity contribution in [2.24, 2.45) is 7.05 Å². The van der Waals surface area contributed by atoms with Gasteiger partial charge in [-0.3, -0.25) is 4.79 Å². The fourth-order valence-electron chi connectivity index (χ4n) is 3.52. The van der Waals surface area contributed by atoms with E-state index in [2.05, 4.69) is 24.1 Å². The van der Waals surface area contributed by atoms with E-state index in [1.165, 1.54) is 17.7 Å². The van der Waals surface area contributed by atoms with Gasteiger partial charge in [0.25, 0.3) is 5.91 Å². The highest BCUT2D eigenvalue weighted by Gasteiger charge is 2.25. The Hall–Kier alpha value is -3.15. The Morgan fingerprint density at radius 3 is 2.53 bits per heavy atom. The molecule has 1 heterocycles. The van der Waals surface area contributed by atoms with E-state index >= 15 is 0 Å². The lowest BCUT2D eigenvalue weighted by molar-refractivity contribution is -0.127. The van der Waals surface area contributed by atoms with Crippen LogP contribution in [-0.2, 0) is 11.8 Å². The summed E-state index contributed by atoms with van der Waals surface area (Å²) in [6, 6.07) is 11.4. The van der Waals surface area contributed by atoms with Gasteiger partial charge in [-0.15, -0.1) is 0 Å². The Bertz CT molecular complexity index is 1030. The third kappa shape index (κ3) is 4.87. The zero-order chi connectivity index (χ0) is 21.8. The lowest BCUT2D eigenvalue weighted by Crippen LogP contribution is -2.39. The minimum absolute atomic E-state index is 0.308. The van der Waals surface area contributed by atoms with Crippen LogP contribution < -0.4 is 10.1 Å². The molecular formula is C24H28FN3O2. The normalized spacial score (nSPS) is 13.2. The van der Waals surface area contributed by atoms with Crippen LogP contribution >= 0.6 is 0 Å². The molecule has 3 aromatic rings. The summed E-state index contributed by atoms with van der Waals surface area (Å²) in [5, 5.41) is 2.95. The maximum atomic E-state index is 13.8. The average molecular weight is 410 g/mol. The quantitative estimate of drug-likeness (QED) is 0.617. The third-order valence-electron chi connectivity index (χ3n) is 5.13. The zero-order valence-electron chi connectivity index (χ0n) is 18.0. The van der Waals surface area contributed by atoms with Crippen LogP contribution in [0.3, 0.4) is 0 Å².